The predicted molar refractivity (Wildman–Crippen MR) is 103 cm³/mol. The molecular formula is C22H16O2S. The molecule has 0 amide bonds. The van der Waals surface area contributed by atoms with Gasteiger partial charge >= 0.3 is 0 Å². The molecule has 3 heteroatoms. The van der Waals surface area contributed by atoms with Gasteiger partial charge in [0.2, 0.25) is 0 Å². The van der Waals surface area contributed by atoms with Crippen molar-refractivity contribution in [1.82, 2.24) is 0 Å². The molecule has 0 saturated carbocycles. The van der Waals surface area contributed by atoms with E-state index in [4.69, 9.17) is 4.74 Å². The number of hydrogen-bond donors (Lipinski definition) is 0. The van der Waals surface area contributed by atoms with Crippen molar-refractivity contribution in [2.24, 2.45) is 0 Å². The number of aldehydes is 1. The summed E-state index contributed by atoms with van der Waals surface area (Å²) >= 11 is 1.71. The van der Waals surface area contributed by atoms with Crippen molar-refractivity contribution in [2.45, 2.75) is 6.61 Å². The third-order valence-corrected chi connectivity index (χ3v) is 5.24. The maximum Gasteiger partial charge on any atom is 0.153 e. The van der Waals surface area contributed by atoms with Crippen molar-refractivity contribution < 1.29 is 9.53 Å². The Kier molecular flexibility index (Phi) is 4.32. The highest BCUT2D eigenvalue weighted by Crippen LogP contribution is 2.39. The summed E-state index contributed by atoms with van der Waals surface area (Å²) in [6.45, 7) is 0.434. The molecule has 1 heterocycles. The number of carbonyl (C=O) groups excluding carboxylic acids is 1. The fourth-order valence-corrected chi connectivity index (χ4v) is 3.93. The summed E-state index contributed by atoms with van der Waals surface area (Å²) in [6, 6.07) is 26.1. The molecule has 3 aromatic carbocycles. The largest absolute Gasteiger partial charge is 0.487 e. The first-order valence-electron chi connectivity index (χ1n) is 8.09. The van der Waals surface area contributed by atoms with Gasteiger partial charge in [-0.05, 0) is 35.2 Å². The standard InChI is InChI=1S/C22H16O2S/c23-14-18-10-6-11-19(21-13-17-9-4-5-12-20(17)25-21)22(18)24-15-16-7-2-1-3-8-16/h1-14H,15H2. The normalized spacial score (nSPS) is 10.7. The molecule has 122 valence electrons. The molecule has 0 aliphatic rings. The van der Waals surface area contributed by atoms with E-state index in [1.807, 2.05) is 54.6 Å². The van der Waals surface area contributed by atoms with Crippen LogP contribution in [0.2, 0.25) is 0 Å². The first kappa shape index (κ1) is 15.6. The summed E-state index contributed by atoms with van der Waals surface area (Å²) in [5.41, 5.74) is 2.61. The van der Waals surface area contributed by atoms with E-state index in [9.17, 15) is 4.79 Å². The second-order valence-corrected chi connectivity index (χ2v) is 6.85. The van der Waals surface area contributed by atoms with Crippen molar-refractivity contribution in [3.63, 3.8) is 0 Å². The van der Waals surface area contributed by atoms with E-state index in [0.717, 1.165) is 22.3 Å². The van der Waals surface area contributed by atoms with Crippen LogP contribution in [0.5, 0.6) is 5.75 Å². The summed E-state index contributed by atoms with van der Waals surface area (Å²) in [5, 5.41) is 1.20. The molecular weight excluding hydrogens is 328 g/mol. The van der Waals surface area contributed by atoms with Gasteiger partial charge in [0.05, 0.1) is 5.56 Å². The van der Waals surface area contributed by atoms with Crippen LogP contribution in [0.4, 0.5) is 0 Å². The Bertz CT molecular complexity index is 986. The Morgan fingerprint density at radius 3 is 2.48 bits per heavy atom. The van der Waals surface area contributed by atoms with Crippen LogP contribution >= 0.6 is 11.3 Å². The van der Waals surface area contributed by atoms with Crippen molar-refractivity contribution in [1.29, 1.82) is 0 Å². The van der Waals surface area contributed by atoms with E-state index >= 15 is 0 Å². The molecule has 0 aliphatic carbocycles. The second kappa shape index (κ2) is 6.91. The van der Waals surface area contributed by atoms with E-state index in [1.165, 1.54) is 10.1 Å². The maximum absolute atomic E-state index is 11.5. The van der Waals surface area contributed by atoms with Crippen molar-refractivity contribution >= 4 is 27.7 Å². The summed E-state index contributed by atoms with van der Waals surface area (Å²) < 4.78 is 7.30. The molecule has 0 N–H and O–H groups in total. The molecule has 2 nitrogen and oxygen atoms in total. The summed E-state index contributed by atoms with van der Waals surface area (Å²) in [4.78, 5) is 12.6. The van der Waals surface area contributed by atoms with Gasteiger partial charge in [0.25, 0.3) is 0 Å². The van der Waals surface area contributed by atoms with Gasteiger partial charge in [-0.15, -0.1) is 11.3 Å². The van der Waals surface area contributed by atoms with Crippen LogP contribution in [0.25, 0.3) is 20.5 Å². The van der Waals surface area contributed by atoms with Gasteiger partial charge in [-0.25, -0.2) is 0 Å². The van der Waals surface area contributed by atoms with E-state index in [1.54, 1.807) is 17.4 Å². The Morgan fingerprint density at radius 2 is 1.68 bits per heavy atom. The lowest BCUT2D eigenvalue weighted by Gasteiger charge is -2.13. The highest BCUT2D eigenvalue weighted by atomic mass is 32.1. The Morgan fingerprint density at radius 1 is 0.880 bits per heavy atom. The van der Waals surface area contributed by atoms with Gasteiger partial charge in [0.1, 0.15) is 12.4 Å². The number of thiophene rings is 1. The number of fused-ring (bicyclic) bond motifs is 1. The van der Waals surface area contributed by atoms with Crippen LogP contribution < -0.4 is 4.74 Å². The van der Waals surface area contributed by atoms with Crippen molar-refractivity contribution in [2.75, 3.05) is 0 Å². The van der Waals surface area contributed by atoms with Gasteiger partial charge in [0.15, 0.2) is 6.29 Å². The molecule has 0 bridgehead atoms. The smallest absolute Gasteiger partial charge is 0.153 e. The van der Waals surface area contributed by atoms with Crippen LogP contribution in [-0.2, 0) is 6.61 Å². The lowest BCUT2D eigenvalue weighted by Crippen LogP contribution is -1.99. The third-order valence-electron chi connectivity index (χ3n) is 4.09. The average molecular weight is 344 g/mol. The highest BCUT2D eigenvalue weighted by Gasteiger charge is 2.14. The Labute approximate surface area is 150 Å². The van der Waals surface area contributed by atoms with Crippen LogP contribution in [0.1, 0.15) is 15.9 Å². The summed E-state index contributed by atoms with van der Waals surface area (Å²) in [6.07, 6.45) is 0.858. The fraction of sp³-hybridized carbons (Fsp3) is 0.0455. The predicted octanol–water partition coefficient (Wildman–Crippen LogP) is 5.96. The lowest BCUT2D eigenvalue weighted by atomic mass is 10.1. The minimum atomic E-state index is 0.434. The van der Waals surface area contributed by atoms with E-state index in [-0.39, 0.29) is 0 Å². The van der Waals surface area contributed by atoms with Crippen molar-refractivity contribution in [3.8, 4) is 16.2 Å². The topological polar surface area (TPSA) is 26.3 Å². The first-order chi connectivity index (χ1) is 12.3. The SMILES string of the molecule is O=Cc1cccc(-c2cc3ccccc3s2)c1OCc1ccccc1. The van der Waals surface area contributed by atoms with Crippen LogP contribution in [0.15, 0.2) is 78.9 Å². The number of hydrogen-bond acceptors (Lipinski definition) is 3. The summed E-state index contributed by atoms with van der Waals surface area (Å²) in [7, 11) is 0. The van der Waals surface area contributed by atoms with E-state index < -0.39 is 0 Å². The molecule has 0 spiro atoms. The summed E-state index contributed by atoms with van der Waals surface area (Å²) in [5.74, 6) is 0.646. The maximum atomic E-state index is 11.5. The fourth-order valence-electron chi connectivity index (χ4n) is 2.85. The molecule has 4 rings (SSSR count). The molecule has 0 radical (unpaired) electrons. The van der Waals surface area contributed by atoms with Gasteiger partial charge < -0.3 is 4.74 Å². The Balaban J connectivity index is 1.75. The Hall–Kier alpha value is -2.91. The minimum Gasteiger partial charge on any atom is -0.487 e. The number of carbonyl (C=O) groups is 1. The van der Waals surface area contributed by atoms with Gasteiger partial charge in [-0.1, -0.05) is 54.6 Å². The van der Waals surface area contributed by atoms with Crippen LogP contribution in [-0.4, -0.2) is 6.29 Å². The molecule has 25 heavy (non-hydrogen) atoms. The van der Waals surface area contributed by atoms with Crippen LogP contribution in [0, 0.1) is 0 Å². The molecule has 4 aromatic rings. The monoisotopic (exact) mass is 344 g/mol. The zero-order chi connectivity index (χ0) is 17.1. The molecule has 0 aliphatic heterocycles. The van der Waals surface area contributed by atoms with Crippen LogP contribution in [0.3, 0.4) is 0 Å². The quantitative estimate of drug-likeness (QED) is 0.418. The van der Waals surface area contributed by atoms with Gasteiger partial charge in [-0.2, -0.15) is 0 Å². The van der Waals surface area contributed by atoms with Gasteiger partial charge in [-0.3, -0.25) is 4.79 Å². The number of ether oxygens (including phenoxy) is 1. The zero-order valence-electron chi connectivity index (χ0n) is 13.5. The van der Waals surface area contributed by atoms with E-state index in [2.05, 4.69) is 18.2 Å². The first-order valence-corrected chi connectivity index (χ1v) is 8.90. The minimum absolute atomic E-state index is 0.434. The average Bonchev–Trinajstić information content (AvgIpc) is 3.11. The molecule has 0 atom stereocenters. The van der Waals surface area contributed by atoms with Gasteiger partial charge in [0, 0.05) is 15.1 Å². The lowest BCUT2D eigenvalue weighted by molar-refractivity contribution is 0.111. The number of benzene rings is 3. The second-order valence-electron chi connectivity index (χ2n) is 5.76. The molecule has 1 aromatic heterocycles. The number of para-hydroxylation sites is 1. The zero-order valence-corrected chi connectivity index (χ0v) is 14.3. The van der Waals surface area contributed by atoms with E-state index in [0.29, 0.717) is 17.9 Å². The number of rotatable bonds is 5. The molecule has 0 fully saturated rings. The molecule has 0 unspecified atom stereocenters. The molecule has 0 saturated heterocycles. The van der Waals surface area contributed by atoms with Crippen molar-refractivity contribution in [3.05, 3.63) is 90.0 Å². The highest BCUT2D eigenvalue weighted by molar-refractivity contribution is 7.22. The third kappa shape index (κ3) is 3.19.